The van der Waals surface area contributed by atoms with E-state index in [4.69, 9.17) is 0 Å². The average Bonchev–Trinajstić information content (AvgIpc) is 2.96. The van der Waals surface area contributed by atoms with E-state index in [1.165, 1.54) is 5.56 Å². The van der Waals surface area contributed by atoms with Gasteiger partial charge in [-0.25, -0.2) is 9.97 Å². The molecule has 0 aromatic carbocycles. The van der Waals surface area contributed by atoms with Crippen LogP contribution in [0.1, 0.15) is 23.4 Å². The Kier molecular flexibility index (Phi) is 4.66. The normalized spacial score (nSPS) is 18.8. The molecule has 1 aliphatic heterocycles. The van der Waals surface area contributed by atoms with Crippen LogP contribution in [0.15, 0.2) is 30.7 Å². The molecular weight excluding hydrogens is 319 g/mol. The SMILES string of the molecule is Cc1ncccc1CN1CCC(Nc2cc(C(F)(F)F)ncn2)C1. The minimum Gasteiger partial charge on any atom is -0.366 e. The van der Waals surface area contributed by atoms with Crippen molar-refractivity contribution in [2.75, 3.05) is 18.4 Å². The third kappa shape index (κ3) is 4.00. The van der Waals surface area contributed by atoms with Crippen molar-refractivity contribution in [2.24, 2.45) is 0 Å². The van der Waals surface area contributed by atoms with E-state index in [0.717, 1.165) is 44.1 Å². The van der Waals surface area contributed by atoms with Crippen LogP contribution in [0.25, 0.3) is 0 Å². The van der Waals surface area contributed by atoms with E-state index >= 15 is 0 Å². The van der Waals surface area contributed by atoms with Crippen LogP contribution >= 0.6 is 0 Å². The van der Waals surface area contributed by atoms with Gasteiger partial charge in [0.2, 0.25) is 0 Å². The number of hydrogen-bond acceptors (Lipinski definition) is 5. The molecule has 3 rings (SSSR count). The summed E-state index contributed by atoms with van der Waals surface area (Å²) in [5.41, 5.74) is 1.24. The molecule has 2 aromatic heterocycles. The standard InChI is InChI=1S/C16H18F3N5/c1-11-12(3-2-5-20-11)8-24-6-4-13(9-24)23-15-7-14(16(17,18)19)21-10-22-15/h2-3,5,7,10,13H,4,6,8-9H2,1H3,(H,21,22,23). The average molecular weight is 337 g/mol. The zero-order chi connectivity index (χ0) is 17.2. The summed E-state index contributed by atoms with van der Waals surface area (Å²) in [7, 11) is 0. The van der Waals surface area contributed by atoms with Crippen molar-refractivity contribution in [3.05, 3.63) is 47.7 Å². The largest absolute Gasteiger partial charge is 0.433 e. The van der Waals surface area contributed by atoms with Gasteiger partial charge in [0.15, 0.2) is 0 Å². The van der Waals surface area contributed by atoms with Gasteiger partial charge in [0.1, 0.15) is 17.8 Å². The minimum absolute atomic E-state index is 0.0676. The molecule has 24 heavy (non-hydrogen) atoms. The van der Waals surface area contributed by atoms with Crippen molar-refractivity contribution in [1.29, 1.82) is 0 Å². The molecule has 8 heteroatoms. The highest BCUT2D eigenvalue weighted by Crippen LogP contribution is 2.28. The first kappa shape index (κ1) is 16.6. The van der Waals surface area contributed by atoms with Crippen LogP contribution in [0.5, 0.6) is 0 Å². The number of nitrogens with zero attached hydrogens (tertiary/aromatic N) is 4. The molecule has 1 fully saturated rings. The Morgan fingerprint density at radius 2 is 2.12 bits per heavy atom. The van der Waals surface area contributed by atoms with Crippen molar-refractivity contribution >= 4 is 5.82 Å². The summed E-state index contributed by atoms with van der Waals surface area (Å²) in [5.74, 6) is 0.210. The number of nitrogens with one attached hydrogen (secondary N) is 1. The van der Waals surface area contributed by atoms with E-state index in [1.807, 2.05) is 19.1 Å². The van der Waals surface area contributed by atoms with Crippen LogP contribution in [0.4, 0.5) is 19.0 Å². The van der Waals surface area contributed by atoms with E-state index in [1.54, 1.807) is 6.20 Å². The molecule has 1 aliphatic rings. The Morgan fingerprint density at radius 1 is 1.29 bits per heavy atom. The predicted octanol–water partition coefficient (Wildman–Crippen LogP) is 2.89. The summed E-state index contributed by atoms with van der Waals surface area (Å²) in [6, 6.07) is 4.98. The zero-order valence-electron chi connectivity index (χ0n) is 13.2. The lowest BCUT2D eigenvalue weighted by Crippen LogP contribution is -2.26. The van der Waals surface area contributed by atoms with Gasteiger partial charge < -0.3 is 5.32 Å². The fourth-order valence-electron chi connectivity index (χ4n) is 2.82. The fourth-order valence-corrected chi connectivity index (χ4v) is 2.82. The molecule has 1 atom stereocenters. The Labute approximate surface area is 138 Å². The first-order valence-corrected chi connectivity index (χ1v) is 7.70. The van der Waals surface area contributed by atoms with Gasteiger partial charge >= 0.3 is 6.18 Å². The van der Waals surface area contributed by atoms with Crippen LogP contribution in [0, 0.1) is 6.92 Å². The second kappa shape index (κ2) is 6.72. The molecule has 3 heterocycles. The molecule has 2 aromatic rings. The minimum atomic E-state index is -4.46. The van der Waals surface area contributed by atoms with Crippen LogP contribution in [0.3, 0.4) is 0 Å². The maximum atomic E-state index is 12.7. The van der Waals surface area contributed by atoms with Gasteiger partial charge in [-0.15, -0.1) is 0 Å². The van der Waals surface area contributed by atoms with Crippen molar-refractivity contribution in [1.82, 2.24) is 19.9 Å². The van der Waals surface area contributed by atoms with E-state index < -0.39 is 11.9 Å². The van der Waals surface area contributed by atoms with E-state index in [0.29, 0.717) is 0 Å². The van der Waals surface area contributed by atoms with Gasteiger partial charge in [0, 0.05) is 43.6 Å². The highest BCUT2D eigenvalue weighted by molar-refractivity contribution is 5.37. The number of pyridine rings is 1. The highest BCUT2D eigenvalue weighted by Gasteiger charge is 2.33. The molecular formula is C16H18F3N5. The lowest BCUT2D eigenvalue weighted by molar-refractivity contribution is -0.141. The Morgan fingerprint density at radius 3 is 2.88 bits per heavy atom. The van der Waals surface area contributed by atoms with Gasteiger partial charge in [0.05, 0.1) is 0 Å². The van der Waals surface area contributed by atoms with Crippen LogP contribution in [-0.2, 0) is 12.7 Å². The van der Waals surface area contributed by atoms with E-state index in [-0.39, 0.29) is 11.9 Å². The van der Waals surface area contributed by atoms with Crippen LogP contribution in [0.2, 0.25) is 0 Å². The first-order valence-electron chi connectivity index (χ1n) is 7.70. The molecule has 1 unspecified atom stereocenters. The summed E-state index contributed by atoms with van der Waals surface area (Å²) in [6.07, 6.45) is -0.902. The van der Waals surface area contributed by atoms with Gasteiger partial charge in [0.25, 0.3) is 0 Å². The van der Waals surface area contributed by atoms with Gasteiger partial charge in [-0.3, -0.25) is 9.88 Å². The topological polar surface area (TPSA) is 53.9 Å². The lowest BCUT2D eigenvalue weighted by atomic mass is 10.2. The van der Waals surface area contributed by atoms with Crippen LogP contribution in [-0.4, -0.2) is 39.0 Å². The number of halogens is 3. The summed E-state index contributed by atoms with van der Waals surface area (Å²) >= 11 is 0. The van der Waals surface area contributed by atoms with E-state index in [2.05, 4.69) is 25.2 Å². The number of aryl methyl sites for hydroxylation is 1. The summed E-state index contributed by atoms with van der Waals surface area (Å²) in [5, 5.41) is 3.08. The summed E-state index contributed by atoms with van der Waals surface area (Å²) < 4.78 is 38.1. The van der Waals surface area contributed by atoms with Crippen LogP contribution < -0.4 is 5.32 Å². The van der Waals surface area contributed by atoms with Crippen molar-refractivity contribution in [2.45, 2.75) is 32.1 Å². The van der Waals surface area contributed by atoms with Crippen molar-refractivity contribution < 1.29 is 13.2 Å². The molecule has 1 N–H and O–H groups in total. The quantitative estimate of drug-likeness (QED) is 0.930. The number of rotatable bonds is 4. The molecule has 0 aliphatic carbocycles. The molecule has 5 nitrogen and oxygen atoms in total. The maximum absolute atomic E-state index is 12.7. The smallest absolute Gasteiger partial charge is 0.366 e. The fraction of sp³-hybridized carbons (Fsp3) is 0.438. The number of hydrogen-bond donors (Lipinski definition) is 1. The first-order chi connectivity index (χ1) is 11.4. The monoisotopic (exact) mass is 337 g/mol. The Hall–Kier alpha value is -2.22. The van der Waals surface area contributed by atoms with Gasteiger partial charge in [-0.2, -0.15) is 13.2 Å². The molecule has 1 saturated heterocycles. The number of anilines is 1. The highest BCUT2D eigenvalue weighted by atomic mass is 19.4. The summed E-state index contributed by atoms with van der Waals surface area (Å²) in [6.45, 7) is 4.39. The number of aromatic nitrogens is 3. The molecule has 0 amide bonds. The maximum Gasteiger partial charge on any atom is 0.433 e. The lowest BCUT2D eigenvalue weighted by Gasteiger charge is -2.18. The second-order valence-electron chi connectivity index (χ2n) is 5.90. The third-order valence-corrected chi connectivity index (χ3v) is 4.09. The summed E-state index contributed by atoms with van der Waals surface area (Å²) in [4.78, 5) is 13.7. The Balaban J connectivity index is 1.60. The van der Waals surface area contributed by atoms with E-state index in [9.17, 15) is 13.2 Å². The molecule has 128 valence electrons. The van der Waals surface area contributed by atoms with Gasteiger partial charge in [-0.05, 0) is 25.0 Å². The molecule has 0 bridgehead atoms. The zero-order valence-corrected chi connectivity index (χ0v) is 13.2. The second-order valence-corrected chi connectivity index (χ2v) is 5.90. The number of alkyl halides is 3. The van der Waals surface area contributed by atoms with Crippen molar-refractivity contribution in [3.8, 4) is 0 Å². The third-order valence-electron chi connectivity index (χ3n) is 4.09. The number of likely N-dealkylation sites (tertiary alicyclic amines) is 1. The molecule has 0 radical (unpaired) electrons. The van der Waals surface area contributed by atoms with Crippen molar-refractivity contribution in [3.63, 3.8) is 0 Å². The predicted molar refractivity (Wildman–Crippen MR) is 83.3 cm³/mol. The van der Waals surface area contributed by atoms with Gasteiger partial charge in [-0.1, -0.05) is 6.07 Å². The Bertz CT molecular complexity index is 704. The molecule has 0 spiro atoms. The molecule has 0 saturated carbocycles.